The predicted molar refractivity (Wildman–Crippen MR) is 26.9 cm³/mol. The monoisotopic (exact) mass is 126 g/mol. The Morgan fingerprint density at radius 1 is 1.86 bits per heavy atom. The average Bonchev–Trinajstić information content (AvgIpc) is 1.61. The van der Waals surface area contributed by atoms with Crippen molar-refractivity contribution in [2.75, 3.05) is 19.9 Å². The highest BCUT2D eigenvalue weighted by Crippen LogP contribution is 2.13. The van der Waals surface area contributed by atoms with Gasteiger partial charge in [0.15, 0.2) is 8.03 Å². The van der Waals surface area contributed by atoms with Crippen LogP contribution in [0.25, 0.3) is 0 Å². The summed E-state index contributed by atoms with van der Waals surface area (Å²) >= 11 is 0. The SMILES string of the molecule is C[PH](=O)OCCF. The summed E-state index contributed by atoms with van der Waals surface area (Å²) in [5.74, 6) is 0. The fraction of sp³-hybridized carbons (Fsp3) is 1.00. The number of hydrogen-bond donors (Lipinski definition) is 0. The van der Waals surface area contributed by atoms with Gasteiger partial charge in [-0.25, -0.2) is 4.39 Å². The van der Waals surface area contributed by atoms with Gasteiger partial charge >= 0.3 is 0 Å². The molecule has 0 fully saturated rings. The first-order chi connectivity index (χ1) is 3.27. The summed E-state index contributed by atoms with van der Waals surface area (Å²) in [6.45, 7) is 0.846. The molecule has 0 aliphatic rings. The maximum absolute atomic E-state index is 11.1. The number of hydrogen-bond acceptors (Lipinski definition) is 2. The Bertz CT molecular complexity index is 66.0. The number of alkyl halides is 1. The lowest BCUT2D eigenvalue weighted by Gasteiger charge is -1.90. The molecule has 2 nitrogen and oxygen atoms in total. The zero-order valence-electron chi connectivity index (χ0n) is 4.11. The molecule has 0 aromatic carbocycles. The summed E-state index contributed by atoms with van der Waals surface area (Å²) < 4.78 is 25.5. The molecule has 0 saturated carbocycles. The third kappa shape index (κ3) is 6.12. The molecule has 4 heteroatoms. The van der Waals surface area contributed by atoms with Gasteiger partial charge in [-0.2, -0.15) is 0 Å². The smallest absolute Gasteiger partial charge is 0.188 e. The third-order valence-electron chi connectivity index (χ3n) is 0.382. The maximum atomic E-state index is 11.1. The average molecular weight is 126 g/mol. The van der Waals surface area contributed by atoms with Gasteiger partial charge in [-0.05, 0) is 0 Å². The third-order valence-corrected chi connectivity index (χ3v) is 0.993. The molecule has 7 heavy (non-hydrogen) atoms. The van der Waals surface area contributed by atoms with Gasteiger partial charge in [0.2, 0.25) is 0 Å². The quantitative estimate of drug-likeness (QED) is 0.529. The molecule has 0 aliphatic heterocycles. The molecular weight excluding hydrogens is 118 g/mol. The first-order valence-corrected chi connectivity index (χ1v) is 3.78. The Morgan fingerprint density at radius 2 is 2.43 bits per heavy atom. The van der Waals surface area contributed by atoms with Gasteiger partial charge in [0.1, 0.15) is 6.67 Å². The van der Waals surface area contributed by atoms with Crippen molar-refractivity contribution in [1.29, 1.82) is 0 Å². The molecule has 0 aromatic rings. The van der Waals surface area contributed by atoms with Crippen LogP contribution in [0.1, 0.15) is 0 Å². The molecule has 0 radical (unpaired) electrons. The first-order valence-electron chi connectivity index (χ1n) is 1.96. The van der Waals surface area contributed by atoms with E-state index in [4.69, 9.17) is 0 Å². The summed E-state index contributed by atoms with van der Waals surface area (Å²) in [5.41, 5.74) is 0. The Hall–Kier alpha value is 0.120. The molecule has 0 heterocycles. The summed E-state index contributed by atoms with van der Waals surface area (Å²) in [6.07, 6.45) is 0. The molecular formula is C3H8FO2P. The van der Waals surface area contributed by atoms with E-state index in [1.54, 1.807) is 0 Å². The Balaban J connectivity index is 2.82. The van der Waals surface area contributed by atoms with Crippen LogP contribution in [0, 0.1) is 0 Å². The molecule has 1 unspecified atom stereocenters. The second kappa shape index (κ2) is 4.28. The van der Waals surface area contributed by atoms with Crippen molar-refractivity contribution in [3.8, 4) is 0 Å². The molecule has 0 saturated heterocycles. The fourth-order valence-corrected chi connectivity index (χ4v) is 0.547. The summed E-state index contributed by atoms with van der Waals surface area (Å²) in [7, 11) is -1.89. The van der Waals surface area contributed by atoms with Crippen molar-refractivity contribution in [3.05, 3.63) is 0 Å². The van der Waals surface area contributed by atoms with Crippen molar-refractivity contribution in [1.82, 2.24) is 0 Å². The van der Waals surface area contributed by atoms with Crippen molar-refractivity contribution < 1.29 is 13.5 Å². The Morgan fingerprint density at radius 3 is 2.57 bits per heavy atom. The van der Waals surface area contributed by atoms with Crippen LogP contribution in [-0.4, -0.2) is 19.9 Å². The lowest BCUT2D eigenvalue weighted by Crippen LogP contribution is -1.85. The second-order valence-electron chi connectivity index (χ2n) is 1.03. The van der Waals surface area contributed by atoms with E-state index in [-0.39, 0.29) is 6.61 Å². The first kappa shape index (κ1) is 7.12. The summed E-state index contributed by atoms with van der Waals surface area (Å²) in [6, 6.07) is 0. The lowest BCUT2D eigenvalue weighted by molar-refractivity contribution is 0.286. The highest BCUT2D eigenvalue weighted by Gasteiger charge is 1.85. The fourth-order valence-electron chi connectivity index (χ4n) is 0.182. The highest BCUT2D eigenvalue weighted by molar-refractivity contribution is 7.38. The molecule has 44 valence electrons. The van der Waals surface area contributed by atoms with E-state index in [0.717, 1.165) is 0 Å². The van der Waals surface area contributed by atoms with Crippen molar-refractivity contribution in [2.24, 2.45) is 0 Å². The molecule has 0 N–H and O–H groups in total. The molecule has 0 spiro atoms. The van der Waals surface area contributed by atoms with Crippen molar-refractivity contribution in [2.45, 2.75) is 0 Å². The van der Waals surface area contributed by atoms with Crippen molar-refractivity contribution in [3.63, 3.8) is 0 Å². The van der Waals surface area contributed by atoms with Crippen LogP contribution in [0.15, 0.2) is 0 Å². The van der Waals surface area contributed by atoms with Crippen LogP contribution < -0.4 is 0 Å². The molecule has 0 rings (SSSR count). The second-order valence-corrected chi connectivity index (χ2v) is 2.30. The van der Waals surface area contributed by atoms with Gasteiger partial charge in [0.05, 0.1) is 6.61 Å². The minimum Gasteiger partial charge on any atom is -0.328 e. The zero-order chi connectivity index (χ0) is 5.70. The van der Waals surface area contributed by atoms with Gasteiger partial charge < -0.3 is 4.52 Å². The van der Waals surface area contributed by atoms with Crippen LogP contribution >= 0.6 is 8.03 Å². The van der Waals surface area contributed by atoms with E-state index in [1.165, 1.54) is 6.66 Å². The van der Waals surface area contributed by atoms with Crippen molar-refractivity contribution >= 4 is 8.03 Å². The van der Waals surface area contributed by atoms with Gasteiger partial charge in [0, 0.05) is 6.66 Å². The Labute approximate surface area is 42.5 Å². The zero-order valence-corrected chi connectivity index (χ0v) is 5.11. The van der Waals surface area contributed by atoms with Gasteiger partial charge in [-0.1, -0.05) is 0 Å². The molecule has 0 amide bonds. The normalized spacial score (nSPS) is 14.0. The maximum Gasteiger partial charge on any atom is 0.188 e. The van der Waals surface area contributed by atoms with Crippen LogP contribution in [0.5, 0.6) is 0 Å². The summed E-state index contributed by atoms with van der Waals surface area (Å²) in [4.78, 5) is 0. The largest absolute Gasteiger partial charge is 0.328 e. The van der Waals surface area contributed by atoms with E-state index in [1.807, 2.05) is 0 Å². The van der Waals surface area contributed by atoms with Crippen LogP contribution in [0.3, 0.4) is 0 Å². The van der Waals surface area contributed by atoms with E-state index in [9.17, 15) is 8.96 Å². The van der Waals surface area contributed by atoms with Gasteiger partial charge in [-0.3, -0.25) is 4.57 Å². The topological polar surface area (TPSA) is 26.3 Å². The molecule has 0 bridgehead atoms. The van der Waals surface area contributed by atoms with E-state index in [2.05, 4.69) is 4.52 Å². The molecule has 0 aromatic heterocycles. The lowest BCUT2D eigenvalue weighted by atomic mass is 10.9. The van der Waals surface area contributed by atoms with Gasteiger partial charge in [-0.15, -0.1) is 0 Å². The van der Waals surface area contributed by atoms with Gasteiger partial charge in [0.25, 0.3) is 0 Å². The minimum atomic E-state index is -1.89. The molecule has 1 atom stereocenters. The summed E-state index contributed by atoms with van der Waals surface area (Å²) in [5, 5.41) is 0. The highest BCUT2D eigenvalue weighted by atomic mass is 31.1. The van der Waals surface area contributed by atoms with Crippen LogP contribution in [0.4, 0.5) is 4.39 Å². The minimum absolute atomic E-state index is 0.0334. The standard InChI is InChI=1S/C3H8FO2P/c1-7(5)6-3-2-4/h7H,2-3H2,1H3. The van der Waals surface area contributed by atoms with Crippen LogP contribution in [-0.2, 0) is 9.09 Å². The molecule has 0 aliphatic carbocycles. The number of rotatable bonds is 3. The van der Waals surface area contributed by atoms with E-state index in [0.29, 0.717) is 0 Å². The van der Waals surface area contributed by atoms with E-state index >= 15 is 0 Å². The predicted octanol–water partition coefficient (Wildman–Crippen LogP) is 1.08. The van der Waals surface area contributed by atoms with E-state index < -0.39 is 14.7 Å². The van der Waals surface area contributed by atoms with Crippen LogP contribution in [0.2, 0.25) is 0 Å². The number of halogens is 1. The Kier molecular flexibility index (Phi) is 4.36.